The Morgan fingerprint density at radius 3 is 2.75 bits per heavy atom. The number of halogens is 1. The van der Waals surface area contributed by atoms with Gasteiger partial charge >= 0.3 is 0 Å². The predicted octanol–water partition coefficient (Wildman–Crippen LogP) is 4.40. The van der Waals surface area contributed by atoms with Crippen LogP contribution in [0.25, 0.3) is 0 Å². The Labute approximate surface area is 186 Å². The summed E-state index contributed by atoms with van der Waals surface area (Å²) in [5.74, 6) is -0.408. The van der Waals surface area contributed by atoms with Crippen LogP contribution in [0.2, 0.25) is 0 Å². The first kappa shape index (κ1) is 22.0. The molecule has 1 saturated carbocycles. The number of benzene rings is 2. The Kier molecular flexibility index (Phi) is 6.85. The first-order valence-electron chi connectivity index (χ1n) is 10.9. The number of fused-ring (bicyclic) bond motifs is 1. The van der Waals surface area contributed by atoms with Crippen LogP contribution < -0.4 is 10.1 Å². The lowest BCUT2D eigenvalue weighted by atomic mass is 9.80. The highest BCUT2D eigenvalue weighted by atomic mass is 19.1. The number of carbonyl (C=O) groups is 2. The van der Waals surface area contributed by atoms with Gasteiger partial charge in [-0.2, -0.15) is 0 Å². The molecule has 1 aliphatic carbocycles. The van der Waals surface area contributed by atoms with Gasteiger partial charge in [0, 0.05) is 6.42 Å². The fraction of sp³-hybridized carbons (Fsp3) is 0.360. The molecule has 2 aromatic carbocycles. The largest absolute Gasteiger partial charge is 0.493 e. The second kappa shape index (κ2) is 9.96. The van der Waals surface area contributed by atoms with Gasteiger partial charge in [-0.3, -0.25) is 9.59 Å². The minimum atomic E-state index is -0.498. The number of allylic oxidation sites excluding steroid dienone is 1. The molecule has 0 bridgehead atoms. The summed E-state index contributed by atoms with van der Waals surface area (Å²) in [5, 5.41) is 2.50. The van der Waals surface area contributed by atoms with E-state index in [1.54, 1.807) is 12.1 Å². The number of ketones is 1. The molecule has 1 fully saturated rings. The molecule has 168 valence electrons. The number of aryl methyl sites for hydroxylation is 1. The van der Waals surface area contributed by atoms with Crippen molar-refractivity contribution in [2.24, 2.45) is 5.92 Å². The predicted molar refractivity (Wildman–Crippen MR) is 117 cm³/mol. The molecule has 1 heterocycles. The van der Waals surface area contributed by atoms with E-state index in [0.29, 0.717) is 25.0 Å². The highest BCUT2D eigenvalue weighted by molar-refractivity contribution is 5.96. The highest BCUT2D eigenvalue weighted by Gasteiger charge is 2.41. The summed E-state index contributed by atoms with van der Waals surface area (Å²) in [6.07, 6.45) is 3.37. The van der Waals surface area contributed by atoms with E-state index >= 15 is 0 Å². The molecule has 4 rings (SSSR count). The maximum absolute atomic E-state index is 13.7. The van der Waals surface area contributed by atoms with Gasteiger partial charge in [0.15, 0.2) is 0 Å². The van der Waals surface area contributed by atoms with Crippen molar-refractivity contribution >= 4 is 17.4 Å². The third-order valence-corrected chi connectivity index (χ3v) is 5.84. The summed E-state index contributed by atoms with van der Waals surface area (Å²) in [4.78, 5) is 25.1. The minimum absolute atomic E-state index is 0.0668. The van der Waals surface area contributed by atoms with Crippen molar-refractivity contribution in [3.8, 4) is 5.75 Å². The average molecular weight is 439 g/mol. The molecule has 1 amide bonds. The van der Waals surface area contributed by atoms with Crippen LogP contribution in [0, 0.1) is 11.7 Å². The lowest BCUT2D eigenvalue weighted by Gasteiger charge is -2.37. The maximum Gasteiger partial charge on any atom is 0.250 e. The average Bonchev–Trinajstić information content (AvgIpc) is 2.81. The molecule has 0 radical (unpaired) electrons. The first-order chi connectivity index (χ1) is 15.5. The Bertz CT molecular complexity index is 1020. The van der Waals surface area contributed by atoms with Crippen LogP contribution in [0.5, 0.6) is 5.75 Å². The van der Waals surface area contributed by atoms with E-state index in [0.717, 1.165) is 12.0 Å². The number of carbonyl (C=O) groups excluding carboxylic acids is 2. The highest BCUT2D eigenvalue weighted by Crippen LogP contribution is 2.35. The third-order valence-electron chi connectivity index (χ3n) is 5.84. The molecular formula is C25H26FNO5. The van der Waals surface area contributed by atoms with Crippen LogP contribution >= 0.6 is 0 Å². The van der Waals surface area contributed by atoms with Crippen molar-refractivity contribution in [3.05, 3.63) is 71.9 Å². The Hall–Kier alpha value is -3.19. The number of amides is 1. The number of hydrogen-bond acceptors (Lipinski definition) is 5. The van der Waals surface area contributed by atoms with Crippen molar-refractivity contribution in [2.75, 3.05) is 11.9 Å². The number of para-hydroxylation sites is 2. The van der Waals surface area contributed by atoms with Gasteiger partial charge in [0.05, 0.1) is 17.7 Å². The van der Waals surface area contributed by atoms with Gasteiger partial charge in [-0.15, -0.1) is 0 Å². The first-order valence-corrected chi connectivity index (χ1v) is 10.9. The standard InChI is InChI=1S/C25H26FNO5/c1-2-16-7-3-6-10-21(16)32-23-14-31-22-13-17(11-12-18(22)25(23)29)30-15-24(28)27-20-9-5-4-8-19(20)26/h3-10,14,17-18,22H,2,11-13,15H2,1H3,(H,27,28). The number of hydrogen-bond donors (Lipinski definition) is 1. The van der Waals surface area contributed by atoms with Crippen LogP contribution in [0.1, 0.15) is 31.7 Å². The molecule has 2 aromatic rings. The number of Topliss-reactive ketones (excluding diaryl/α,β-unsaturated/α-hetero) is 1. The smallest absolute Gasteiger partial charge is 0.250 e. The summed E-state index contributed by atoms with van der Waals surface area (Å²) < 4.78 is 31.1. The van der Waals surface area contributed by atoms with Crippen LogP contribution in [-0.2, 0) is 25.5 Å². The zero-order chi connectivity index (χ0) is 22.5. The van der Waals surface area contributed by atoms with Crippen molar-refractivity contribution in [2.45, 2.75) is 44.8 Å². The van der Waals surface area contributed by atoms with Gasteiger partial charge < -0.3 is 19.5 Å². The van der Waals surface area contributed by atoms with E-state index in [9.17, 15) is 14.0 Å². The second-order valence-electron chi connectivity index (χ2n) is 7.96. The summed E-state index contributed by atoms with van der Waals surface area (Å²) in [5.41, 5.74) is 1.14. The molecular weight excluding hydrogens is 413 g/mol. The van der Waals surface area contributed by atoms with E-state index in [2.05, 4.69) is 5.32 Å². The van der Waals surface area contributed by atoms with E-state index in [-0.39, 0.29) is 42.0 Å². The summed E-state index contributed by atoms with van der Waals surface area (Å²) >= 11 is 0. The Morgan fingerprint density at radius 2 is 1.94 bits per heavy atom. The summed E-state index contributed by atoms with van der Waals surface area (Å²) in [6.45, 7) is 1.84. The van der Waals surface area contributed by atoms with E-state index < -0.39 is 11.7 Å². The van der Waals surface area contributed by atoms with Gasteiger partial charge in [0.2, 0.25) is 17.4 Å². The number of anilines is 1. The molecule has 3 atom stereocenters. The van der Waals surface area contributed by atoms with Crippen molar-refractivity contribution in [1.29, 1.82) is 0 Å². The number of rotatable bonds is 7. The van der Waals surface area contributed by atoms with E-state index in [1.807, 2.05) is 31.2 Å². The Morgan fingerprint density at radius 1 is 1.16 bits per heavy atom. The Balaban J connectivity index is 1.31. The zero-order valence-corrected chi connectivity index (χ0v) is 17.9. The zero-order valence-electron chi connectivity index (χ0n) is 17.9. The summed E-state index contributed by atoms with van der Waals surface area (Å²) in [7, 11) is 0. The molecule has 6 nitrogen and oxygen atoms in total. The summed E-state index contributed by atoms with van der Waals surface area (Å²) in [6, 6.07) is 13.6. The molecule has 3 unspecified atom stereocenters. The molecule has 7 heteroatoms. The van der Waals surface area contributed by atoms with Gasteiger partial charge in [-0.25, -0.2) is 4.39 Å². The van der Waals surface area contributed by atoms with Gasteiger partial charge in [0.25, 0.3) is 0 Å². The van der Waals surface area contributed by atoms with Gasteiger partial charge in [-0.05, 0) is 43.0 Å². The topological polar surface area (TPSA) is 73.9 Å². The van der Waals surface area contributed by atoms with Gasteiger partial charge in [0.1, 0.15) is 30.5 Å². The fourth-order valence-corrected chi connectivity index (χ4v) is 4.11. The normalized spacial score (nSPS) is 22.4. The lowest BCUT2D eigenvalue weighted by Crippen LogP contribution is -2.43. The molecule has 1 N–H and O–H groups in total. The third kappa shape index (κ3) is 4.99. The van der Waals surface area contributed by atoms with E-state index in [4.69, 9.17) is 14.2 Å². The van der Waals surface area contributed by atoms with Crippen molar-refractivity contribution in [3.63, 3.8) is 0 Å². The molecule has 0 saturated heterocycles. The van der Waals surface area contributed by atoms with Crippen molar-refractivity contribution in [1.82, 2.24) is 0 Å². The van der Waals surface area contributed by atoms with Crippen LogP contribution in [-0.4, -0.2) is 30.5 Å². The monoisotopic (exact) mass is 439 g/mol. The van der Waals surface area contributed by atoms with Crippen LogP contribution in [0.15, 0.2) is 60.6 Å². The van der Waals surface area contributed by atoms with Crippen LogP contribution in [0.3, 0.4) is 0 Å². The lowest BCUT2D eigenvalue weighted by molar-refractivity contribution is -0.136. The minimum Gasteiger partial charge on any atom is -0.493 e. The fourth-order valence-electron chi connectivity index (χ4n) is 4.11. The SMILES string of the molecule is CCc1ccccc1OC1=COC2CC(OCC(=O)Nc3ccccc3F)CCC2C1=O. The maximum atomic E-state index is 13.7. The molecule has 1 aliphatic heterocycles. The van der Waals surface area contributed by atoms with Gasteiger partial charge in [-0.1, -0.05) is 37.3 Å². The van der Waals surface area contributed by atoms with Crippen molar-refractivity contribution < 1.29 is 28.2 Å². The quantitative estimate of drug-likeness (QED) is 0.692. The molecule has 2 aliphatic rings. The number of nitrogens with one attached hydrogen (secondary N) is 1. The van der Waals surface area contributed by atoms with Crippen LogP contribution in [0.4, 0.5) is 10.1 Å². The molecule has 0 aromatic heterocycles. The molecule has 0 spiro atoms. The van der Waals surface area contributed by atoms with E-state index in [1.165, 1.54) is 18.4 Å². The molecule has 32 heavy (non-hydrogen) atoms. The second-order valence-corrected chi connectivity index (χ2v) is 7.96. The number of ether oxygens (including phenoxy) is 3.